The van der Waals surface area contributed by atoms with Gasteiger partial charge in [0.05, 0.1) is 10.4 Å². The van der Waals surface area contributed by atoms with Gasteiger partial charge < -0.3 is 0 Å². The number of carbonyl (C=O) groups excluding carboxylic acids is 1. The fraction of sp³-hybridized carbons (Fsp3) is 0.667. The number of nitrogens with one attached hydrogen (secondary N) is 1. The summed E-state index contributed by atoms with van der Waals surface area (Å²) in [5.41, 5.74) is -1.10. The molecule has 0 atom stereocenters. The van der Waals surface area contributed by atoms with Gasteiger partial charge in [-0.2, -0.15) is 4.72 Å². The molecule has 1 N–H and O–H groups in total. The standard InChI is InChI=1S/C21H28BrNO3S/c1-21(2,23-27(25,26)18-5-3-17(22)4-6-18)20(24)12-19-15-8-13-7-14(10-15)11-16(19)9-13/h3-6,13-16,19,23H,7-12H2,1-2H3. The van der Waals surface area contributed by atoms with Crippen LogP contribution in [-0.4, -0.2) is 19.7 Å². The molecule has 4 aliphatic rings. The first kappa shape index (κ1) is 19.6. The van der Waals surface area contributed by atoms with Crippen molar-refractivity contribution in [3.8, 4) is 0 Å². The van der Waals surface area contributed by atoms with Crippen molar-refractivity contribution >= 4 is 31.7 Å². The largest absolute Gasteiger partial charge is 0.298 e. The Labute approximate surface area is 170 Å². The third-order valence-electron chi connectivity index (χ3n) is 7.05. The minimum atomic E-state index is -3.73. The maximum Gasteiger partial charge on any atom is 0.241 e. The minimum Gasteiger partial charge on any atom is -0.298 e. The molecular weight excluding hydrogens is 426 g/mol. The number of ketones is 1. The molecule has 0 amide bonds. The van der Waals surface area contributed by atoms with Crippen molar-refractivity contribution in [3.63, 3.8) is 0 Å². The van der Waals surface area contributed by atoms with E-state index in [0.717, 1.165) is 16.3 Å². The van der Waals surface area contributed by atoms with E-state index in [9.17, 15) is 13.2 Å². The molecule has 0 aliphatic heterocycles. The quantitative estimate of drug-likeness (QED) is 0.687. The zero-order valence-electron chi connectivity index (χ0n) is 15.9. The van der Waals surface area contributed by atoms with Crippen molar-refractivity contribution in [3.05, 3.63) is 28.7 Å². The van der Waals surface area contributed by atoms with Gasteiger partial charge in [-0.15, -0.1) is 0 Å². The lowest BCUT2D eigenvalue weighted by Gasteiger charge is -2.54. The van der Waals surface area contributed by atoms with Gasteiger partial charge in [-0.3, -0.25) is 4.79 Å². The van der Waals surface area contributed by atoms with Gasteiger partial charge in [0.2, 0.25) is 10.0 Å². The summed E-state index contributed by atoms with van der Waals surface area (Å²) in [5.74, 6) is 3.56. The van der Waals surface area contributed by atoms with Crippen LogP contribution < -0.4 is 4.72 Å². The Bertz CT molecular complexity index is 803. The highest BCUT2D eigenvalue weighted by Gasteiger charge is 2.49. The topological polar surface area (TPSA) is 63.2 Å². The number of Topliss-reactive ketones (excluding diaryl/α,β-unsaturated/α-hetero) is 1. The predicted molar refractivity (Wildman–Crippen MR) is 109 cm³/mol. The molecule has 0 spiro atoms. The average Bonchev–Trinajstić information content (AvgIpc) is 2.56. The van der Waals surface area contributed by atoms with Gasteiger partial charge in [0, 0.05) is 10.9 Å². The van der Waals surface area contributed by atoms with Gasteiger partial charge >= 0.3 is 0 Å². The number of hydrogen-bond acceptors (Lipinski definition) is 3. The normalized spacial score (nSPS) is 32.6. The second-order valence-electron chi connectivity index (χ2n) is 9.41. The fourth-order valence-electron chi connectivity index (χ4n) is 5.91. The summed E-state index contributed by atoms with van der Waals surface area (Å²) in [6.45, 7) is 3.39. The molecule has 4 bridgehead atoms. The second-order valence-corrected chi connectivity index (χ2v) is 12.0. The Balaban J connectivity index is 1.45. The van der Waals surface area contributed by atoms with Crippen LogP contribution in [0, 0.1) is 29.6 Å². The molecule has 4 saturated carbocycles. The lowest BCUT2D eigenvalue weighted by atomic mass is 9.51. The summed E-state index contributed by atoms with van der Waals surface area (Å²) in [4.78, 5) is 13.3. The van der Waals surface area contributed by atoms with Gasteiger partial charge in [0.25, 0.3) is 0 Å². The molecule has 4 nitrogen and oxygen atoms in total. The van der Waals surface area contributed by atoms with Crippen LogP contribution in [0.1, 0.15) is 52.4 Å². The molecule has 0 radical (unpaired) electrons. The summed E-state index contributed by atoms with van der Waals surface area (Å²) >= 11 is 3.31. The Morgan fingerprint density at radius 3 is 2.07 bits per heavy atom. The first-order chi connectivity index (χ1) is 12.6. The summed E-state index contributed by atoms with van der Waals surface area (Å²) < 4.78 is 28.9. The fourth-order valence-corrected chi connectivity index (χ4v) is 7.57. The molecule has 0 heterocycles. The highest BCUT2D eigenvalue weighted by molar-refractivity contribution is 9.10. The Kier molecular flexibility index (Phi) is 5.05. The van der Waals surface area contributed by atoms with E-state index < -0.39 is 15.6 Å². The van der Waals surface area contributed by atoms with Gasteiger partial charge in [-0.25, -0.2) is 8.42 Å². The smallest absolute Gasteiger partial charge is 0.241 e. The van der Waals surface area contributed by atoms with E-state index in [4.69, 9.17) is 0 Å². The van der Waals surface area contributed by atoms with E-state index in [2.05, 4.69) is 20.7 Å². The minimum absolute atomic E-state index is 0.0145. The zero-order chi connectivity index (χ0) is 19.4. The Hall–Kier alpha value is -0.720. The molecule has 0 unspecified atom stereocenters. The van der Waals surface area contributed by atoms with Crippen molar-refractivity contribution in [2.75, 3.05) is 0 Å². The first-order valence-corrected chi connectivity index (χ1v) is 12.2. The van der Waals surface area contributed by atoms with Gasteiger partial charge in [0.1, 0.15) is 0 Å². The van der Waals surface area contributed by atoms with Crippen molar-refractivity contribution in [1.82, 2.24) is 4.72 Å². The molecule has 0 aromatic heterocycles. The molecule has 27 heavy (non-hydrogen) atoms. The average molecular weight is 454 g/mol. The van der Waals surface area contributed by atoms with Crippen LogP contribution in [-0.2, 0) is 14.8 Å². The van der Waals surface area contributed by atoms with Crippen LogP contribution in [0.5, 0.6) is 0 Å². The molecule has 5 rings (SSSR count). The predicted octanol–water partition coefficient (Wildman–Crippen LogP) is 4.54. The first-order valence-electron chi connectivity index (χ1n) is 9.97. The summed E-state index contributed by atoms with van der Waals surface area (Å²) in [5, 5.41) is 0. The van der Waals surface area contributed by atoms with Gasteiger partial charge in [-0.05, 0) is 99.8 Å². The Morgan fingerprint density at radius 2 is 1.56 bits per heavy atom. The number of halogens is 1. The van der Waals surface area contributed by atoms with E-state index in [0.29, 0.717) is 24.2 Å². The van der Waals surface area contributed by atoms with Crippen LogP contribution in [0.2, 0.25) is 0 Å². The van der Waals surface area contributed by atoms with Crippen molar-refractivity contribution in [2.24, 2.45) is 29.6 Å². The third-order valence-corrected chi connectivity index (χ3v) is 9.25. The number of hydrogen-bond donors (Lipinski definition) is 1. The second kappa shape index (κ2) is 6.96. The Morgan fingerprint density at radius 1 is 1.04 bits per heavy atom. The van der Waals surface area contributed by atoms with Gasteiger partial charge in [-0.1, -0.05) is 15.9 Å². The number of sulfonamides is 1. The zero-order valence-corrected chi connectivity index (χ0v) is 18.4. The molecule has 4 aliphatic carbocycles. The number of benzene rings is 1. The maximum absolute atomic E-state index is 13.1. The third kappa shape index (κ3) is 3.90. The van der Waals surface area contributed by atoms with Crippen molar-refractivity contribution in [1.29, 1.82) is 0 Å². The highest BCUT2D eigenvalue weighted by atomic mass is 79.9. The molecule has 148 valence electrons. The summed E-state index contributed by atoms with van der Waals surface area (Å²) in [6, 6.07) is 6.48. The van der Waals surface area contributed by atoms with Crippen LogP contribution in [0.3, 0.4) is 0 Å². The summed E-state index contributed by atoms with van der Waals surface area (Å²) in [7, 11) is -3.73. The van der Waals surface area contributed by atoms with Crippen LogP contribution in [0.4, 0.5) is 0 Å². The maximum atomic E-state index is 13.1. The van der Waals surface area contributed by atoms with Crippen LogP contribution >= 0.6 is 15.9 Å². The van der Waals surface area contributed by atoms with Crippen LogP contribution in [0.15, 0.2) is 33.6 Å². The van der Waals surface area contributed by atoms with Crippen molar-refractivity contribution < 1.29 is 13.2 Å². The van der Waals surface area contributed by atoms with E-state index in [1.807, 2.05) is 0 Å². The van der Waals surface area contributed by atoms with E-state index in [1.54, 1.807) is 38.1 Å². The molecule has 4 fully saturated rings. The molecule has 0 saturated heterocycles. The lowest BCUT2D eigenvalue weighted by Crippen LogP contribution is -2.52. The molecular formula is C21H28BrNO3S. The SMILES string of the molecule is CC(C)(NS(=O)(=O)c1ccc(Br)cc1)C(=O)CC1C2CC3CC(C2)CC1C3. The van der Waals surface area contributed by atoms with E-state index in [-0.39, 0.29) is 10.7 Å². The van der Waals surface area contributed by atoms with E-state index >= 15 is 0 Å². The van der Waals surface area contributed by atoms with Crippen molar-refractivity contribution in [2.45, 2.75) is 62.8 Å². The molecule has 6 heteroatoms. The molecule has 1 aromatic carbocycles. The van der Waals surface area contributed by atoms with Crippen LogP contribution in [0.25, 0.3) is 0 Å². The van der Waals surface area contributed by atoms with E-state index in [1.165, 1.54) is 32.1 Å². The molecule has 1 aromatic rings. The number of carbonyl (C=O) groups is 1. The monoisotopic (exact) mass is 453 g/mol. The summed E-state index contributed by atoms with van der Waals surface area (Å²) in [6.07, 6.45) is 6.99. The van der Waals surface area contributed by atoms with Gasteiger partial charge in [0.15, 0.2) is 5.78 Å². The lowest BCUT2D eigenvalue weighted by molar-refractivity contribution is -0.128. The highest BCUT2D eigenvalue weighted by Crippen LogP contribution is 2.57. The number of rotatable bonds is 6.